The van der Waals surface area contributed by atoms with Gasteiger partial charge in [0.25, 0.3) is 5.91 Å². The maximum absolute atomic E-state index is 17.0. The van der Waals surface area contributed by atoms with Crippen molar-refractivity contribution in [2.45, 2.75) is 18.5 Å². The van der Waals surface area contributed by atoms with Crippen molar-refractivity contribution in [3.05, 3.63) is 99.0 Å². The van der Waals surface area contributed by atoms with Crippen molar-refractivity contribution >= 4 is 54.8 Å². The second-order valence-electron chi connectivity index (χ2n) is 8.29. The molecule has 1 heterocycles. The van der Waals surface area contributed by atoms with Crippen molar-refractivity contribution in [3.8, 4) is 0 Å². The Kier molecular flexibility index (Phi) is 5.40. The lowest BCUT2D eigenvalue weighted by atomic mass is 9.76. The lowest BCUT2D eigenvalue weighted by molar-refractivity contribution is -0.485. The molecule has 5 rings (SSSR count). The Morgan fingerprint density at radius 2 is 1.59 bits per heavy atom. The summed E-state index contributed by atoms with van der Waals surface area (Å²) in [5, 5.41) is 20.0. The zero-order chi connectivity index (χ0) is 24.0. The zero-order valence-electron chi connectivity index (χ0n) is 18.1. The standard InChI is InChI=1S/C26H19BrFN3O3/c1-16-26(28,25(32)31(29-16)20-12-10-19(27)11-13-20)23(15-30(33)34)24-21-8-4-2-6-17(21)14-18-7-3-5-9-22(18)24/h2-14,23H,15H2,1H3/t23-,26-/m1/s1. The number of hydrogen-bond donors (Lipinski definition) is 0. The van der Waals surface area contributed by atoms with Crippen LogP contribution in [0.2, 0.25) is 0 Å². The molecule has 0 saturated heterocycles. The number of hydrazone groups is 1. The summed E-state index contributed by atoms with van der Waals surface area (Å²) in [6.45, 7) is 0.651. The van der Waals surface area contributed by atoms with Crippen LogP contribution in [-0.4, -0.2) is 28.8 Å². The highest BCUT2D eigenvalue weighted by Gasteiger charge is 2.58. The van der Waals surface area contributed by atoms with Gasteiger partial charge < -0.3 is 0 Å². The van der Waals surface area contributed by atoms with E-state index in [9.17, 15) is 14.9 Å². The van der Waals surface area contributed by atoms with Crippen molar-refractivity contribution in [1.29, 1.82) is 0 Å². The molecule has 0 radical (unpaired) electrons. The summed E-state index contributed by atoms with van der Waals surface area (Å²) in [6.07, 6.45) is 0. The largest absolute Gasteiger partial charge is 0.291 e. The van der Waals surface area contributed by atoms with Crippen LogP contribution in [0.4, 0.5) is 10.1 Å². The third kappa shape index (κ3) is 3.45. The van der Waals surface area contributed by atoms with Gasteiger partial charge in [0.05, 0.1) is 17.3 Å². The summed E-state index contributed by atoms with van der Waals surface area (Å²) in [6, 6.07) is 23.4. The van der Waals surface area contributed by atoms with Gasteiger partial charge in [-0.1, -0.05) is 64.5 Å². The van der Waals surface area contributed by atoms with Crippen LogP contribution in [-0.2, 0) is 4.79 Å². The van der Waals surface area contributed by atoms with Crippen molar-refractivity contribution in [1.82, 2.24) is 0 Å². The van der Waals surface area contributed by atoms with Crippen LogP contribution in [0.3, 0.4) is 0 Å². The molecule has 170 valence electrons. The highest BCUT2D eigenvalue weighted by atomic mass is 79.9. The molecule has 0 aliphatic carbocycles. The molecule has 0 bridgehead atoms. The van der Waals surface area contributed by atoms with Gasteiger partial charge in [-0.2, -0.15) is 10.1 Å². The highest BCUT2D eigenvalue weighted by Crippen LogP contribution is 2.45. The van der Waals surface area contributed by atoms with Gasteiger partial charge in [-0.25, -0.2) is 4.39 Å². The molecule has 0 unspecified atom stereocenters. The fourth-order valence-corrected chi connectivity index (χ4v) is 4.99. The summed E-state index contributed by atoms with van der Waals surface area (Å²) < 4.78 is 17.8. The quantitative estimate of drug-likeness (QED) is 0.177. The molecule has 0 spiro atoms. The molecule has 4 aromatic rings. The molecule has 0 saturated carbocycles. The molecule has 1 aliphatic heterocycles. The van der Waals surface area contributed by atoms with E-state index < -0.39 is 29.0 Å². The van der Waals surface area contributed by atoms with Gasteiger partial charge in [0.2, 0.25) is 12.2 Å². The van der Waals surface area contributed by atoms with Crippen molar-refractivity contribution in [3.63, 3.8) is 0 Å². The molecular weight excluding hydrogens is 501 g/mol. The van der Waals surface area contributed by atoms with E-state index in [4.69, 9.17) is 0 Å². The first-order chi connectivity index (χ1) is 16.3. The van der Waals surface area contributed by atoms with Crippen LogP contribution >= 0.6 is 15.9 Å². The fourth-order valence-electron chi connectivity index (χ4n) is 4.72. The number of hydrogen-bond acceptors (Lipinski definition) is 4. The van der Waals surface area contributed by atoms with Crippen LogP contribution in [0.5, 0.6) is 0 Å². The summed E-state index contributed by atoms with van der Waals surface area (Å²) >= 11 is 3.34. The lowest BCUT2D eigenvalue weighted by Crippen LogP contribution is -2.49. The molecular formula is C26H19BrFN3O3. The Bertz CT molecular complexity index is 1430. The lowest BCUT2D eigenvalue weighted by Gasteiger charge is -2.29. The minimum absolute atomic E-state index is 0.107. The van der Waals surface area contributed by atoms with E-state index in [0.29, 0.717) is 22.0 Å². The van der Waals surface area contributed by atoms with Crippen LogP contribution in [0.1, 0.15) is 18.4 Å². The molecule has 0 aromatic heterocycles. The molecule has 0 N–H and O–H groups in total. The number of halogens is 2. The molecule has 4 aromatic carbocycles. The number of amides is 1. The Morgan fingerprint density at radius 1 is 1.03 bits per heavy atom. The second kappa shape index (κ2) is 8.29. The Labute approximate surface area is 203 Å². The first kappa shape index (κ1) is 22.2. The number of rotatable bonds is 5. The molecule has 1 aliphatic rings. The number of carbonyl (C=O) groups is 1. The maximum atomic E-state index is 17.0. The van der Waals surface area contributed by atoms with E-state index in [2.05, 4.69) is 21.0 Å². The van der Waals surface area contributed by atoms with E-state index in [1.807, 2.05) is 42.5 Å². The number of carbonyl (C=O) groups excluding carboxylic acids is 1. The van der Waals surface area contributed by atoms with Gasteiger partial charge >= 0.3 is 0 Å². The van der Waals surface area contributed by atoms with Crippen molar-refractivity contribution in [2.75, 3.05) is 11.6 Å². The van der Waals surface area contributed by atoms with Gasteiger partial charge in [-0.3, -0.25) is 14.9 Å². The average molecular weight is 520 g/mol. The monoisotopic (exact) mass is 519 g/mol. The maximum Gasteiger partial charge on any atom is 0.291 e. The smallest absolute Gasteiger partial charge is 0.268 e. The zero-order valence-corrected chi connectivity index (χ0v) is 19.7. The predicted molar refractivity (Wildman–Crippen MR) is 135 cm³/mol. The molecule has 2 atom stereocenters. The molecule has 0 fully saturated rings. The van der Waals surface area contributed by atoms with Crippen molar-refractivity contribution in [2.24, 2.45) is 5.10 Å². The van der Waals surface area contributed by atoms with Crippen LogP contribution in [0.15, 0.2) is 88.4 Å². The van der Waals surface area contributed by atoms with Crippen LogP contribution < -0.4 is 5.01 Å². The van der Waals surface area contributed by atoms with Crippen LogP contribution in [0.25, 0.3) is 21.5 Å². The Morgan fingerprint density at radius 3 is 2.15 bits per heavy atom. The van der Waals surface area contributed by atoms with Gasteiger partial charge in [0.15, 0.2) is 0 Å². The normalized spacial score (nSPS) is 19.0. The number of anilines is 1. The molecule has 34 heavy (non-hydrogen) atoms. The van der Waals surface area contributed by atoms with Crippen molar-refractivity contribution < 1.29 is 14.1 Å². The number of alkyl halides is 1. The number of nitro groups is 1. The Balaban J connectivity index is 1.75. The predicted octanol–water partition coefficient (Wildman–Crippen LogP) is 6.25. The van der Waals surface area contributed by atoms with Gasteiger partial charge in [0, 0.05) is 9.40 Å². The summed E-state index contributed by atoms with van der Waals surface area (Å²) in [4.78, 5) is 24.9. The van der Waals surface area contributed by atoms with Crippen LogP contribution in [0, 0.1) is 10.1 Å². The highest BCUT2D eigenvalue weighted by molar-refractivity contribution is 9.10. The molecule has 1 amide bonds. The van der Waals surface area contributed by atoms with E-state index in [-0.39, 0.29) is 5.71 Å². The Hall–Kier alpha value is -3.65. The van der Waals surface area contributed by atoms with Gasteiger partial charge in [-0.05, 0) is 64.4 Å². The molecule has 8 heteroatoms. The van der Waals surface area contributed by atoms with E-state index in [1.54, 1.807) is 36.4 Å². The number of fused-ring (bicyclic) bond motifs is 2. The second-order valence-corrected chi connectivity index (χ2v) is 9.21. The fraction of sp³-hybridized carbons (Fsp3) is 0.154. The minimum Gasteiger partial charge on any atom is -0.268 e. The first-order valence-corrected chi connectivity index (χ1v) is 11.5. The van der Waals surface area contributed by atoms with Gasteiger partial charge in [0.1, 0.15) is 0 Å². The third-order valence-electron chi connectivity index (χ3n) is 6.32. The number of nitrogens with zero attached hydrogens (tertiary/aromatic N) is 3. The SMILES string of the molecule is CC1=NN(c2ccc(Br)cc2)C(=O)[C@]1(F)[C@H](C[N+](=O)[O-])c1c2ccccc2cc2ccccc12. The topological polar surface area (TPSA) is 75.8 Å². The average Bonchev–Trinajstić information content (AvgIpc) is 3.06. The summed E-state index contributed by atoms with van der Waals surface area (Å²) in [5.41, 5.74) is -1.97. The van der Waals surface area contributed by atoms with E-state index in [0.717, 1.165) is 20.3 Å². The number of benzene rings is 4. The summed E-state index contributed by atoms with van der Waals surface area (Å²) in [5.74, 6) is -2.31. The van der Waals surface area contributed by atoms with Gasteiger partial charge in [-0.15, -0.1) is 0 Å². The molecule has 6 nitrogen and oxygen atoms in total. The third-order valence-corrected chi connectivity index (χ3v) is 6.85. The van der Waals surface area contributed by atoms with E-state index in [1.165, 1.54) is 6.92 Å². The minimum atomic E-state index is -2.69. The van der Waals surface area contributed by atoms with E-state index >= 15 is 4.39 Å². The summed E-state index contributed by atoms with van der Waals surface area (Å²) in [7, 11) is 0. The first-order valence-electron chi connectivity index (χ1n) is 10.7.